The van der Waals surface area contributed by atoms with Gasteiger partial charge in [-0.1, -0.05) is 0 Å². The van der Waals surface area contributed by atoms with Gasteiger partial charge in [0.15, 0.2) is 0 Å². The van der Waals surface area contributed by atoms with Crippen molar-refractivity contribution in [2.45, 2.75) is 18.9 Å². The minimum absolute atomic E-state index is 0.0825. The zero-order valence-electron chi connectivity index (χ0n) is 8.12. The predicted octanol–water partition coefficient (Wildman–Crippen LogP) is 1.31. The average molecular weight is 221 g/mol. The molecule has 78 valence electrons. The summed E-state index contributed by atoms with van der Waals surface area (Å²) in [7, 11) is 0. The number of carbonyl (C=O) groups excluding carboxylic acids is 1. The van der Waals surface area contributed by atoms with E-state index in [-0.39, 0.29) is 5.91 Å². The van der Waals surface area contributed by atoms with Crippen LogP contribution in [0, 0.1) is 11.3 Å². The van der Waals surface area contributed by atoms with Gasteiger partial charge in [0.25, 0.3) is 0 Å². The van der Waals surface area contributed by atoms with Crippen LogP contribution in [-0.4, -0.2) is 18.5 Å². The van der Waals surface area contributed by atoms with Gasteiger partial charge in [-0.05, 0) is 24.3 Å². The number of nitrogens with one attached hydrogen (secondary N) is 2. The summed E-state index contributed by atoms with van der Waals surface area (Å²) >= 11 is 1.37. The van der Waals surface area contributed by atoms with E-state index < -0.39 is 0 Å². The molecule has 5 heteroatoms. The first-order chi connectivity index (χ1) is 7.29. The van der Waals surface area contributed by atoms with Crippen LogP contribution in [-0.2, 0) is 4.79 Å². The van der Waals surface area contributed by atoms with Crippen LogP contribution >= 0.6 is 11.3 Å². The van der Waals surface area contributed by atoms with Gasteiger partial charge in [0.05, 0.1) is 12.1 Å². The largest absolute Gasteiger partial charge is 0.315 e. The van der Waals surface area contributed by atoms with Crippen molar-refractivity contribution in [1.29, 1.82) is 5.26 Å². The van der Waals surface area contributed by atoms with Crippen LogP contribution in [0.25, 0.3) is 0 Å². The Morgan fingerprint density at radius 2 is 2.47 bits per heavy atom. The highest BCUT2D eigenvalue weighted by atomic mass is 32.1. The van der Waals surface area contributed by atoms with Crippen molar-refractivity contribution in [3.8, 4) is 6.07 Å². The van der Waals surface area contributed by atoms with E-state index in [0.717, 1.165) is 12.8 Å². The molecule has 0 bridgehead atoms. The number of carbonyl (C=O) groups is 1. The van der Waals surface area contributed by atoms with Crippen LogP contribution in [0.2, 0.25) is 0 Å². The van der Waals surface area contributed by atoms with Crippen molar-refractivity contribution >= 4 is 22.2 Å². The molecule has 15 heavy (non-hydrogen) atoms. The number of thiophene rings is 1. The highest BCUT2D eigenvalue weighted by Gasteiger charge is 2.21. The fourth-order valence-corrected chi connectivity index (χ4v) is 1.94. The highest BCUT2D eigenvalue weighted by Crippen LogP contribution is 2.22. The van der Waals surface area contributed by atoms with Crippen LogP contribution in [0.3, 0.4) is 0 Å². The zero-order valence-corrected chi connectivity index (χ0v) is 8.93. The van der Waals surface area contributed by atoms with Crippen molar-refractivity contribution in [3.05, 3.63) is 17.0 Å². The summed E-state index contributed by atoms with van der Waals surface area (Å²) in [5, 5.41) is 17.0. The van der Waals surface area contributed by atoms with E-state index in [2.05, 4.69) is 10.6 Å². The quantitative estimate of drug-likeness (QED) is 0.805. The Labute approximate surface area is 91.9 Å². The second-order valence-corrected chi connectivity index (χ2v) is 4.39. The van der Waals surface area contributed by atoms with Crippen LogP contribution in [0.5, 0.6) is 0 Å². The van der Waals surface area contributed by atoms with Gasteiger partial charge in [0, 0.05) is 6.04 Å². The van der Waals surface area contributed by atoms with Gasteiger partial charge < -0.3 is 10.6 Å². The topological polar surface area (TPSA) is 64.9 Å². The lowest BCUT2D eigenvalue weighted by molar-refractivity contribution is -0.115. The Hall–Kier alpha value is -1.38. The molecule has 0 atom stereocenters. The fraction of sp³-hybridized carbons (Fsp3) is 0.400. The van der Waals surface area contributed by atoms with Crippen molar-refractivity contribution in [1.82, 2.24) is 5.32 Å². The van der Waals surface area contributed by atoms with Gasteiger partial charge in [-0.25, -0.2) is 0 Å². The summed E-state index contributed by atoms with van der Waals surface area (Å²) in [6.45, 7) is 0.327. The number of hydrogen-bond donors (Lipinski definition) is 2. The molecule has 1 heterocycles. The van der Waals surface area contributed by atoms with Gasteiger partial charge >= 0.3 is 0 Å². The molecule has 1 aromatic heterocycles. The number of amides is 1. The Bertz CT molecular complexity index is 403. The highest BCUT2D eigenvalue weighted by molar-refractivity contribution is 7.14. The Balaban J connectivity index is 1.84. The third-order valence-electron chi connectivity index (χ3n) is 2.17. The number of rotatable bonds is 4. The third kappa shape index (κ3) is 2.78. The summed E-state index contributed by atoms with van der Waals surface area (Å²) in [5.41, 5.74) is 0.528. The first-order valence-electron chi connectivity index (χ1n) is 4.80. The molecule has 1 aliphatic carbocycles. The first-order valence-corrected chi connectivity index (χ1v) is 5.68. The second-order valence-electron chi connectivity index (χ2n) is 3.48. The monoisotopic (exact) mass is 221 g/mol. The number of nitriles is 1. The molecule has 0 unspecified atom stereocenters. The van der Waals surface area contributed by atoms with E-state index >= 15 is 0 Å². The molecule has 1 amide bonds. The minimum Gasteiger partial charge on any atom is -0.315 e. The molecule has 1 fully saturated rings. The first kappa shape index (κ1) is 10.1. The zero-order chi connectivity index (χ0) is 10.7. The molecule has 0 radical (unpaired) electrons. The molecule has 2 rings (SSSR count). The molecule has 1 aromatic rings. The summed E-state index contributed by atoms with van der Waals surface area (Å²) in [6, 6.07) is 4.26. The van der Waals surface area contributed by atoms with Gasteiger partial charge in [-0.15, -0.1) is 11.3 Å². The second kappa shape index (κ2) is 4.43. The van der Waals surface area contributed by atoms with Crippen molar-refractivity contribution in [3.63, 3.8) is 0 Å². The van der Waals surface area contributed by atoms with E-state index in [1.807, 2.05) is 6.07 Å². The number of hydrogen-bond acceptors (Lipinski definition) is 4. The van der Waals surface area contributed by atoms with Crippen LogP contribution in [0.1, 0.15) is 18.4 Å². The standard InChI is InChI=1S/C10H11N3OS/c11-5-7-3-4-15-10(7)13-9(14)6-12-8-1-2-8/h3-4,8,12H,1-2,6H2,(H,13,14). The van der Waals surface area contributed by atoms with Crippen LogP contribution in [0.15, 0.2) is 11.4 Å². The average Bonchev–Trinajstić information content (AvgIpc) is 2.96. The summed E-state index contributed by atoms with van der Waals surface area (Å²) in [5.74, 6) is -0.0825. The molecule has 0 aromatic carbocycles. The van der Waals surface area contributed by atoms with Gasteiger partial charge in [0.1, 0.15) is 11.1 Å². The molecular weight excluding hydrogens is 210 g/mol. The lowest BCUT2D eigenvalue weighted by Gasteiger charge is -2.03. The van der Waals surface area contributed by atoms with Crippen molar-refractivity contribution < 1.29 is 4.79 Å². The minimum atomic E-state index is -0.0825. The smallest absolute Gasteiger partial charge is 0.238 e. The van der Waals surface area contributed by atoms with E-state index in [1.165, 1.54) is 11.3 Å². The molecule has 0 spiro atoms. The summed E-state index contributed by atoms with van der Waals surface area (Å²) in [4.78, 5) is 11.4. The Kier molecular flexibility index (Phi) is 2.99. The third-order valence-corrected chi connectivity index (χ3v) is 3.00. The van der Waals surface area contributed by atoms with Gasteiger partial charge in [-0.3, -0.25) is 4.79 Å². The molecule has 2 N–H and O–H groups in total. The maximum absolute atomic E-state index is 11.4. The molecular formula is C10H11N3OS. The Morgan fingerprint density at radius 1 is 1.67 bits per heavy atom. The van der Waals surface area contributed by atoms with E-state index in [4.69, 9.17) is 5.26 Å². The summed E-state index contributed by atoms with van der Waals surface area (Å²) in [6.07, 6.45) is 2.32. The lowest BCUT2D eigenvalue weighted by atomic mass is 10.3. The molecule has 1 saturated carbocycles. The van der Waals surface area contributed by atoms with E-state index in [1.54, 1.807) is 11.4 Å². The predicted molar refractivity (Wildman–Crippen MR) is 58.7 cm³/mol. The van der Waals surface area contributed by atoms with Gasteiger partial charge in [0.2, 0.25) is 5.91 Å². The maximum Gasteiger partial charge on any atom is 0.238 e. The number of nitrogens with zero attached hydrogens (tertiary/aromatic N) is 1. The van der Waals surface area contributed by atoms with E-state index in [0.29, 0.717) is 23.2 Å². The van der Waals surface area contributed by atoms with Crippen LogP contribution < -0.4 is 10.6 Å². The van der Waals surface area contributed by atoms with Crippen molar-refractivity contribution in [2.75, 3.05) is 11.9 Å². The van der Waals surface area contributed by atoms with E-state index in [9.17, 15) is 4.79 Å². The number of anilines is 1. The van der Waals surface area contributed by atoms with Crippen LogP contribution in [0.4, 0.5) is 5.00 Å². The normalized spacial score (nSPS) is 14.6. The SMILES string of the molecule is N#Cc1ccsc1NC(=O)CNC1CC1. The Morgan fingerprint density at radius 3 is 3.13 bits per heavy atom. The van der Waals surface area contributed by atoms with Crippen molar-refractivity contribution in [2.24, 2.45) is 0 Å². The molecule has 1 aliphatic rings. The molecule has 0 aliphatic heterocycles. The maximum atomic E-state index is 11.4. The fourth-order valence-electron chi connectivity index (χ4n) is 1.19. The molecule has 4 nitrogen and oxygen atoms in total. The van der Waals surface area contributed by atoms with Gasteiger partial charge in [-0.2, -0.15) is 5.26 Å². The lowest BCUT2D eigenvalue weighted by Crippen LogP contribution is -2.29. The summed E-state index contributed by atoms with van der Waals surface area (Å²) < 4.78 is 0. The molecule has 0 saturated heterocycles.